The molecule has 1 unspecified atom stereocenters. The number of nitrogens with one attached hydrogen (secondary N) is 1. The molecule has 0 heterocycles. The molecule has 3 rings (SSSR count). The maximum atomic E-state index is 14.0. The maximum absolute atomic E-state index is 14.0. The van der Waals surface area contributed by atoms with Crippen molar-refractivity contribution in [1.29, 1.82) is 0 Å². The molecule has 1 N–H and O–H groups in total. The second kappa shape index (κ2) is 14.2. The zero-order valence-corrected chi connectivity index (χ0v) is 24.8. The van der Waals surface area contributed by atoms with Gasteiger partial charge in [-0.25, -0.2) is 8.42 Å². The van der Waals surface area contributed by atoms with Gasteiger partial charge in [0, 0.05) is 19.5 Å². The highest BCUT2D eigenvalue weighted by Crippen LogP contribution is 2.30. The third-order valence-electron chi connectivity index (χ3n) is 6.25. The molecule has 0 radical (unpaired) electrons. The van der Waals surface area contributed by atoms with Crippen LogP contribution in [0.3, 0.4) is 0 Å². The number of sulfonamides is 1. The average Bonchev–Trinajstić information content (AvgIpc) is 2.92. The van der Waals surface area contributed by atoms with Gasteiger partial charge in [-0.05, 0) is 35.2 Å². The Labute approximate surface area is 241 Å². The van der Waals surface area contributed by atoms with Gasteiger partial charge in [-0.15, -0.1) is 0 Å². The Morgan fingerprint density at radius 2 is 1.55 bits per heavy atom. The van der Waals surface area contributed by atoms with Crippen LogP contribution in [0.5, 0.6) is 5.75 Å². The van der Waals surface area contributed by atoms with E-state index in [4.69, 9.17) is 16.3 Å². The van der Waals surface area contributed by atoms with Crippen LogP contribution in [-0.4, -0.2) is 57.6 Å². The fourth-order valence-electron chi connectivity index (χ4n) is 4.18. The molecule has 10 heteroatoms. The molecule has 0 saturated heterocycles. The van der Waals surface area contributed by atoms with Crippen LogP contribution in [-0.2, 0) is 32.6 Å². The smallest absolute Gasteiger partial charge is 0.244 e. The number of benzene rings is 3. The van der Waals surface area contributed by atoms with Crippen LogP contribution >= 0.6 is 11.6 Å². The summed E-state index contributed by atoms with van der Waals surface area (Å²) in [6.07, 6.45) is 1.29. The molecule has 0 aliphatic heterocycles. The topological polar surface area (TPSA) is 96.0 Å². The van der Waals surface area contributed by atoms with Crippen molar-refractivity contribution in [2.75, 3.05) is 30.8 Å². The Morgan fingerprint density at radius 3 is 2.08 bits per heavy atom. The first-order valence-corrected chi connectivity index (χ1v) is 15.2. The lowest BCUT2D eigenvalue weighted by Gasteiger charge is -2.33. The molecular formula is C30H36ClN3O5S. The molecule has 40 heavy (non-hydrogen) atoms. The Bertz CT molecular complexity index is 1380. The van der Waals surface area contributed by atoms with E-state index in [1.54, 1.807) is 6.07 Å². The van der Waals surface area contributed by atoms with Crippen molar-refractivity contribution in [3.8, 4) is 5.75 Å². The summed E-state index contributed by atoms with van der Waals surface area (Å²) >= 11 is 6.28. The van der Waals surface area contributed by atoms with Crippen molar-refractivity contribution in [1.82, 2.24) is 10.2 Å². The van der Waals surface area contributed by atoms with Gasteiger partial charge < -0.3 is 15.0 Å². The van der Waals surface area contributed by atoms with E-state index in [0.29, 0.717) is 12.3 Å². The fourth-order valence-corrected chi connectivity index (χ4v) is 5.27. The molecule has 8 nitrogen and oxygen atoms in total. The molecule has 3 aromatic carbocycles. The summed E-state index contributed by atoms with van der Waals surface area (Å²) in [7, 11) is -2.44. The molecule has 0 fully saturated rings. The van der Waals surface area contributed by atoms with E-state index in [1.807, 2.05) is 74.5 Å². The molecule has 0 aromatic heterocycles. The fraction of sp³-hybridized carbons (Fsp3) is 0.333. The minimum atomic E-state index is -3.90. The van der Waals surface area contributed by atoms with Crippen LogP contribution in [0.4, 0.5) is 5.69 Å². The van der Waals surface area contributed by atoms with Crippen molar-refractivity contribution >= 4 is 39.1 Å². The molecule has 0 saturated carbocycles. The first-order chi connectivity index (χ1) is 19.0. The van der Waals surface area contributed by atoms with Gasteiger partial charge in [-0.2, -0.15) is 0 Å². The van der Waals surface area contributed by atoms with E-state index < -0.39 is 28.5 Å². The molecule has 0 aliphatic rings. The van der Waals surface area contributed by atoms with Crippen molar-refractivity contribution < 1.29 is 22.7 Å². The monoisotopic (exact) mass is 585 g/mol. The highest BCUT2D eigenvalue weighted by Gasteiger charge is 2.33. The van der Waals surface area contributed by atoms with E-state index in [9.17, 15) is 18.0 Å². The SMILES string of the molecule is COc1ccc(N(CC(=O)N(Cc2ccccc2)C(Cc2ccccc2)C(=O)NCC(C)C)S(C)(=O)=O)cc1Cl. The normalized spacial score (nSPS) is 12.1. The average molecular weight is 586 g/mol. The summed E-state index contributed by atoms with van der Waals surface area (Å²) in [5.74, 6) is -0.247. The minimum absolute atomic E-state index is 0.118. The van der Waals surface area contributed by atoms with Gasteiger partial charge in [-0.3, -0.25) is 13.9 Å². The predicted molar refractivity (Wildman–Crippen MR) is 159 cm³/mol. The third-order valence-corrected chi connectivity index (χ3v) is 7.69. The summed E-state index contributed by atoms with van der Waals surface area (Å²) in [6, 6.07) is 22.4. The number of carbonyl (C=O) groups is 2. The van der Waals surface area contributed by atoms with Crippen molar-refractivity contribution in [3.05, 3.63) is 95.0 Å². The van der Waals surface area contributed by atoms with E-state index in [-0.39, 0.29) is 35.5 Å². The van der Waals surface area contributed by atoms with Crippen LogP contribution < -0.4 is 14.4 Å². The lowest BCUT2D eigenvalue weighted by Crippen LogP contribution is -2.53. The Kier molecular flexibility index (Phi) is 11.0. The number of carbonyl (C=O) groups excluding carboxylic acids is 2. The second-order valence-corrected chi connectivity index (χ2v) is 12.3. The number of ether oxygens (including phenoxy) is 1. The quantitative estimate of drug-likeness (QED) is 0.318. The summed E-state index contributed by atoms with van der Waals surface area (Å²) in [6.45, 7) is 4.02. The van der Waals surface area contributed by atoms with Gasteiger partial charge in [0.25, 0.3) is 0 Å². The van der Waals surface area contributed by atoms with Gasteiger partial charge in [0.15, 0.2) is 0 Å². The van der Waals surface area contributed by atoms with Gasteiger partial charge >= 0.3 is 0 Å². The van der Waals surface area contributed by atoms with Crippen LogP contribution in [0.2, 0.25) is 5.02 Å². The molecule has 3 aromatic rings. The molecule has 0 spiro atoms. The van der Waals surface area contributed by atoms with Gasteiger partial charge in [0.1, 0.15) is 18.3 Å². The predicted octanol–water partition coefficient (Wildman–Crippen LogP) is 4.53. The number of halogens is 1. The lowest BCUT2D eigenvalue weighted by molar-refractivity contribution is -0.140. The standard InChI is InChI=1S/C30H36ClN3O5S/c1-22(2)19-32-30(36)27(17-23-11-7-5-8-12-23)33(20-24-13-9-6-10-14-24)29(35)21-34(40(4,37)38)25-15-16-28(39-3)26(31)18-25/h5-16,18,22,27H,17,19-21H2,1-4H3,(H,32,36). The zero-order valence-electron chi connectivity index (χ0n) is 23.2. The number of anilines is 1. The van der Waals surface area contributed by atoms with Crippen LogP contribution in [0.1, 0.15) is 25.0 Å². The van der Waals surface area contributed by atoms with Crippen molar-refractivity contribution in [2.45, 2.75) is 32.9 Å². The van der Waals surface area contributed by atoms with Crippen LogP contribution in [0.25, 0.3) is 0 Å². The van der Waals surface area contributed by atoms with Crippen molar-refractivity contribution in [2.24, 2.45) is 5.92 Å². The second-order valence-electron chi connectivity index (χ2n) is 9.94. The van der Waals surface area contributed by atoms with Gasteiger partial charge in [0.2, 0.25) is 21.8 Å². The Balaban J connectivity index is 2.03. The first kappa shape index (κ1) is 31.0. The number of hydrogen-bond acceptors (Lipinski definition) is 5. The number of amides is 2. The molecule has 0 aliphatic carbocycles. The van der Waals surface area contributed by atoms with E-state index in [2.05, 4.69) is 5.32 Å². The Hall–Kier alpha value is -3.56. The zero-order chi connectivity index (χ0) is 29.3. The largest absolute Gasteiger partial charge is 0.495 e. The van der Waals surface area contributed by atoms with E-state index in [0.717, 1.165) is 21.7 Å². The number of nitrogens with zero attached hydrogens (tertiary/aromatic N) is 2. The van der Waals surface area contributed by atoms with E-state index >= 15 is 0 Å². The van der Waals surface area contributed by atoms with E-state index in [1.165, 1.54) is 24.1 Å². The van der Waals surface area contributed by atoms with Gasteiger partial charge in [-0.1, -0.05) is 86.1 Å². The number of rotatable bonds is 13. The summed E-state index contributed by atoms with van der Waals surface area (Å²) in [5.41, 5.74) is 1.90. The summed E-state index contributed by atoms with van der Waals surface area (Å²) in [5, 5.41) is 3.17. The van der Waals surface area contributed by atoms with Crippen molar-refractivity contribution in [3.63, 3.8) is 0 Å². The molecular weight excluding hydrogens is 550 g/mol. The lowest BCUT2D eigenvalue weighted by atomic mass is 10.0. The summed E-state index contributed by atoms with van der Waals surface area (Å²) in [4.78, 5) is 29.1. The number of methoxy groups -OCH3 is 1. The minimum Gasteiger partial charge on any atom is -0.495 e. The molecule has 1 atom stereocenters. The van der Waals surface area contributed by atoms with Crippen LogP contribution in [0.15, 0.2) is 78.9 Å². The van der Waals surface area contributed by atoms with Crippen LogP contribution in [0, 0.1) is 5.92 Å². The first-order valence-electron chi connectivity index (χ1n) is 13.0. The molecule has 214 valence electrons. The summed E-state index contributed by atoms with van der Waals surface area (Å²) < 4.78 is 32.0. The Morgan fingerprint density at radius 1 is 0.950 bits per heavy atom. The highest BCUT2D eigenvalue weighted by atomic mass is 35.5. The van der Waals surface area contributed by atoms with Gasteiger partial charge in [0.05, 0.1) is 24.1 Å². The maximum Gasteiger partial charge on any atom is 0.244 e. The number of hydrogen-bond donors (Lipinski definition) is 1. The highest BCUT2D eigenvalue weighted by molar-refractivity contribution is 7.92. The third kappa shape index (κ3) is 8.72. The molecule has 0 bridgehead atoms. The molecule has 2 amide bonds.